The Morgan fingerprint density at radius 2 is 1.68 bits per heavy atom. The molecule has 2 aromatic carbocycles. The van der Waals surface area contributed by atoms with Crippen LogP contribution in [-0.2, 0) is 27.7 Å². The van der Waals surface area contributed by atoms with Gasteiger partial charge in [0.1, 0.15) is 17.5 Å². The van der Waals surface area contributed by atoms with Crippen molar-refractivity contribution in [3.05, 3.63) is 83.7 Å². The number of pyridine rings is 1. The molecule has 0 spiro atoms. The molecule has 1 aromatic heterocycles. The molecule has 1 atom stereocenters. The van der Waals surface area contributed by atoms with Crippen LogP contribution in [0.3, 0.4) is 0 Å². The standard InChI is InChI=1S/C26H23F3N4O6S/c1-16-24(35)33(19-5-9-21(10-6-19)40(37,38)26(27,28)29)25(36)32(16)15-18-11-12-30-22(13-18)23(34)31-14-17-3-7-20(39-2)8-4-17/h3-13,16H,14-15H2,1-2H3,(H,31,34). The van der Waals surface area contributed by atoms with Crippen LogP contribution in [0, 0.1) is 0 Å². The molecule has 10 nitrogen and oxygen atoms in total. The molecule has 1 aliphatic rings. The van der Waals surface area contributed by atoms with Gasteiger partial charge in [-0.15, -0.1) is 0 Å². The van der Waals surface area contributed by atoms with Crippen molar-refractivity contribution in [3.63, 3.8) is 0 Å². The van der Waals surface area contributed by atoms with Gasteiger partial charge >= 0.3 is 11.5 Å². The van der Waals surface area contributed by atoms with E-state index in [4.69, 9.17) is 4.74 Å². The highest BCUT2D eigenvalue weighted by atomic mass is 32.2. The zero-order chi connectivity index (χ0) is 29.2. The number of amides is 4. The summed E-state index contributed by atoms with van der Waals surface area (Å²) in [4.78, 5) is 43.7. The number of urea groups is 1. The topological polar surface area (TPSA) is 126 Å². The maximum Gasteiger partial charge on any atom is 0.501 e. The van der Waals surface area contributed by atoms with Crippen LogP contribution < -0.4 is 15.0 Å². The quantitative estimate of drug-likeness (QED) is 0.406. The summed E-state index contributed by atoms with van der Waals surface area (Å²) in [6.45, 7) is 1.65. The van der Waals surface area contributed by atoms with Crippen molar-refractivity contribution in [1.82, 2.24) is 15.2 Å². The predicted octanol–water partition coefficient (Wildman–Crippen LogP) is 3.67. The summed E-state index contributed by atoms with van der Waals surface area (Å²) in [6, 6.07) is 11.8. The fourth-order valence-electron chi connectivity index (χ4n) is 3.97. The molecule has 0 aliphatic carbocycles. The van der Waals surface area contributed by atoms with E-state index in [1.165, 1.54) is 24.1 Å². The number of sulfone groups is 1. The number of ether oxygens (including phenoxy) is 1. The van der Waals surface area contributed by atoms with Gasteiger partial charge in [0.15, 0.2) is 0 Å². The van der Waals surface area contributed by atoms with Crippen molar-refractivity contribution in [2.24, 2.45) is 0 Å². The van der Waals surface area contributed by atoms with Crippen molar-refractivity contribution in [2.45, 2.75) is 36.5 Å². The van der Waals surface area contributed by atoms with E-state index in [1.54, 1.807) is 37.4 Å². The van der Waals surface area contributed by atoms with Crippen molar-refractivity contribution >= 4 is 33.4 Å². The van der Waals surface area contributed by atoms with E-state index in [-0.39, 0.29) is 24.5 Å². The molecule has 1 aliphatic heterocycles. The van der Waals surface area contributed by atoms with E-state index in [9.17, 15) is 36.0 Å². The Balaban J connectivity index is 1.46. The van der Waals surface area contributed by atoms with Gasteiger partial charge in [-0.25, -0.2) is 18.1 Å². The summed E-state index contributed by atoms with van der Waals surface area (Å²) in [5.74, 6) is -0.424. The number of aromatic nitrogens is 1. The Labute approximate surface area is 227 Å². The van der Waals surface area contributed by atoms with Gasteiger partial charge in [0.05, 0.1) is 17.7 Å². The smallest absolute Gasteiger partial charge is 0.497 e. The third-order valence-electron chi connectivity index (χ3n) is 6.21. The number of nitrogens with one attached hydrogen (secondary N) is 1. The predicted molar refractivity (Wildman–Crippen MR) is 136 cm³/mol. The average Bonchev–Trinajstić information content (AvgIpc) is 3.14. The van der Waals surface area contributed by atoms with E-state index in [0.717, 1.165) is 22.6 Å². The molecule has 0 bridgehead atoms. The fraction of sp³-hybridized carbons (Fsp3) is 0.231. The number of halogens is 3. The van der Waals surface area contributed by atoms with Crippen LogP contribution in [0.4, 0.5) is 23.7 Å². The zero-order valence-electron chi connectivity index (χ0n) is 21.2. The maximum absolute atomic E-state index is 13.1. The normalized spacial score (nSPS) is 15.9. The highest BCUT2D eigenvalue weighted by molar-refractivity contribution is 7.92. The second-order valence-electron chi connectivity index (χ2n) is 8.78. The van der Waals surface area contributed by atoms with Crippen molar-refractivity contribution in [1.29, 1.82) is 0 Å². The minimum Gasteiger partial charge on any atom is -0.497 e. The number of imide groups is 1. The van der Waals surface area contributed by atoms with E-state index in [1.807, 2.05) is 0 Å². The summed E-state index contributed by atoms with van der Waals surface area (Å²) in [6.07, 6.45) is 1.39. The molecule has 1 N–H and O–H groups in total. The second-order valence-corrected chi connectivity index (χ2v) is 10.7. The lowest BCUT2D eigenvalue weighted by Gasteiger charge is -2.19. The van der Waals surface area contributed by atoms with E-state index in [2.05, 4.69) is 10.3 Å². The molecule has 1 fully saturated rings. The first-order chi connectivity index (χ1) is 18.8. The molecule has 14 heteroatoms. The van der Waals surface area contributed by atoms with Gasteiger partial charge in [-0.1, -0.05) is 12.1 Å². The Morgan fingerprint density at radius 3 is 2.27 bits per heavy atom. The van der Waals surface area contributed by atoms with Gasteiger partial charge in [-0.05, 0) is 66.6 Å². The van der Waals surface area contributed by atoms with Crippen molar-refractivity contribution < 1.29 is 40.7 Å². The van der Waals surface area contributed by atoms with Gasteiger partial charge in [-0.3, -0.25) is 14.6 Å². The molecule has 1 saturated heterocycles. The zero-order valence-corrected chi connectivity index (χ0v) is 22.0. The molecule has 0 saturated carbocycles. The number of carbonyl (C=O) groups excluding carboxylic acids is 3. The number of benzene rings is 2. The fourth-order valence-corrected chi connectivity index (χ4v) is 4.73. The second kappa shape index (κ2) is 11.0. The van der Waals surface area contributed by atoms with Crippen LogP contribution in [0.25, 0.3) is 0 Å². The first kappa shape index (κ1) is 28.5. The van der Waals surface area contributed by atoms with Crippen LogP contribution in [0.2, 0.25) is 0 Å². The third-order valence-corrected chi connectivity index (χ3v) is 7.72. The van der Waals surface area contributed by atoms with Crippen LogP contribution in [0.5, 0.6) is 5.75 Å². The third kappa shape index (κ3) is 5.61. The van der Waals surface area contributed by atoms with E-state index >= 15 is 0 Å². The number of alkyl halides is 3. The number of hydrogen-bond donors (Lipinski definition) is 1. The van der Waals surface area contributed by atoms with Crippen LogP contribution >= 0.6 is 0 Å². The first-order valence-corrected chi connectivity index (χ1v) is 13.2. The summed E-state index contributed by atoms with van der Waals surface area (Å²) >= 11 is 0. The summed E-state index contributed by atoms with van der Waals surface area (Å²) in [7, 11) is -4.03. The maximum atomic E-state index is 13.1. The minimum atomic E-state index is -5.58. The largest absolute Gasteiger partial charge is 0.501 e. The Morgan fingerprint density at radius 1 is 1.02 bits per heavy atom. The van der Waals surface area contributed by atoms with E-state index < -0.39 is 44.1 Å². The number of carbonyl (C=O) groups is 3. The highest BCUT2D eigenvalue weighted by Crippen LogP contribution is 2.32. The molecule has 210 valence electrons. The Hall–Kier alpha value is -4.46. The number of hydrogen-bond acceptors (Lipinski definition) is 7. The average molecular weight is 577 g/mol. The minimum absolute atomic E-state index is 0.0654. The highest BCUT2D eigenvalue weighted by Gasteiger charge is 2.47. The molecular formula is C26H23F3N4O6S. The van der Waals surface area contributed by atoms with Gasteiger partial charge in [0, 0.05) is 19.3 Å². The Kier molecular flexibility index (Phi) is 7.82. The SMILES string of the molecule is COc1ccc(CNC(=O)c2cc(CN3C(=O)N(c4ccc(S(=O)(=O)C(F)(F)F)cc4)C(=O)C3C)ccn2)cc1. The number of nitrogens with zero attached hydrogens (tertiary/aromatic N) is 3. The molecule has 40 heavy (non-hydrogen) atoms. The lowest BCUT2D eigenvalue weighted by Crippen LogP contribution is -2.33. The lowest BCUT2D eigenvalue weighted by atomic mass is 10.2. The van der Waals surface area contributed by atoms with Crippen molar-refractivity contribution in [3.8, 4) is 5.75 Å². The van der Waals surface area contributed by atoms with Gasteiger partial charge in [0.2, 0.25) is 0 Å². The molecular weight excluding hydrogens is 553 g/mol. The van der Waals surface area contributed by atoms with Gasteiger partial charge < -0.3 is 15.0 Å². The summed E-state index contributed by atoms with van der Waals surface area (Å²) < 4.78 is 66.8. The number of methoxy groups -OCH3 is 1. The number of anilines is 1. The number of rotatable bonds is 8. The summed E-state index contributed by atoms with van der Waals surface area (Å²) in [5, 5.41) is 2.75. The van der Waals surface area contributed by atoms with Crippen LogP contribution in [-0.4, -0.2) is 54.8 Å². The van der Waals surface area contributed by atoms with Crippen LogP contribution in [0.15, 0.2) is 71.8 Å². The lowest BCUT2D eigenvalue weighted by molar-refractivity contribution is -0.119. The van der Waals surface area contributed by atoms with Crippen LogP contribution in [0.1, 0.15) is 28.5 Å². The van der Waals surface area contributed by atoms with Gasteiger partial charge in [0.25, 0.3) is 21.7 Å². The molecule has 3 aromatic rings. The van der Waals surface area contributed by atoms with E-state index in [0.29, 0.717) is 23.4 Å². The molecule has 2 heterocycles. The molecule has 4 amide bonds. The first-order valence-electron chi connectivity index (χ1n) is 11.8. The van der Waals surface area contributed by atoms with Crippen molar-refractivity contribution in [2.75, 3.05) is 12.0 Å². The summed E-state index contributed by atoms with van der Waals surface area (Å²) in [5.41, 5.74) is -4.14. The Bertz CT molecular complexity index is 1540. The molecule has 1 unspecified atom stereocenters. The molecule has 4 rings (SSSR count). The molecule has 0 radical (unpaired) electrons. The van der Waals surface area contributed by atoms with Gasteiger partial charge in [-0.2, -0.15) is 13.2 Å². The monoisotopic (exact) mass is 576 g/mol.